The maximum atomic E-state index is 13.4. The molecule has 0 bridgehead atoms. The van der Waals surface area contributed by atoms with Crippen LogP contribution in [0.15, 0.2) is 39.8 Å². The molecule has 1 aliphatic heterocycles. The molecule has 3 heterocycles. The molecule has 0 aliphatic carbocycles. The van der Waals surface area contributed by atoms with Crippen LogP contribution < -0.4 is 5.32 Å². The van der Waals surface area contributed by atoms with Crippen LogP contribution >= 0.6 is 11.3 Å². The van der Waals surface area contributed by atoms with E-state index in [1.165, 1.54) is 15.6 Å². The van der Waals surface area contributed by atoms with Gasteiger partial charge in [-0.2, -0.15) is 9.29 Å². The van der Waals surface area contributed by atoms with Crippen molar-refractivity contribution in [3.8, 4) is 10.7 Å². The molecule has 33 heavy (non-hydrogen) atoms. The van der Waals surface area contributed by atoms with Gasteiger partial charge in [-0.3, -0.25) is 4.79 Å². The number of nitrogens with one attached hydrogen (secondary N) is 1. The van der Waals surface area contributed by atoms with Gasteiger partial charge in [0.2, 0.25) is 27.6 Å². The quantitative estimate of drug-likeness (QED) is 0.544. The first-order valence-corrected chi connectivity index (χ1v) is 13.3. The number of carbonyl (C=O) groups excluding carboxylic acids is 1. The van der Waals surface area contributed by atoms with E-state index >= 15 is 0 Å². The van der Waals surface area contributed by atoms with Crippen LogP contribution in [0, 0.1) is 19.8 Å². The number of carbonyl (C=O) groups is 1. The van der Waals surface area contributed by atoms with E-state index in [0.29, 0.717) is 53.8 Å². The Kier molecular flexibility index (Phi) is 6.96. The Morgan fingerprint density at radius 1 is 1.30 bits per heavy atom. The van der Waals surface area contributed by atoms with Crippen LogP contribution in [0.4, 0.5) is 0 Å². The van der Waals surface area contributed by atoms with Gasteiger partial charge in [0.25, 0.3) is 0 Å². The van der Waals surface area contributed by atoms with Crippen molar-refractivity contribution in [1.82, 2.24) is 19.8 Å². The van der Waals surface area contributed by atoms with Crippen molar-refractivity contribution in [2.75, 3.05) is 13.1 Å². The highest BCUT2D eigenvalue weighted by atomic mass is 32.2. The standard InChI is InChI=1S/C23H28N4O4S2/c1-4-21-25-22(26-31-21)19-12-20(16(3)32-19)33(29,30)27-11-7-10-18(14-27)23(28)24-13-17-9-6-5-8-15(17)2/h5-6,8-9,12,18H,4,7,10-11,13-14H2,1-3H3,(H,24,28)/t18-/m0/s1. The van der Waals surface area contributed by atoms with Crippen LogP contribution in [0.3, 0.4) is 0 Å². The predicted molar refractivity (Wildman–Crippen MR) is 126 cm³/mol. The Labute approximate surface area is 198 Å². The average molecular weight is 489 g/mol. The fraction of sp³-hybridized carbons (Fsp3) is 0.435. The second-order valence-corrected chi connectivity index (χ2v) is 11.4. The van der Waals surface area contributed by atoms with Crippen LogP contribution in [0.1, 0.15) is 41.7 Å². The molecule has 1 aliphatic rings. The van der Waals surface area contributed by atoms with Gasteiger partial charge in [0.1, 0.15) is 0 Å². The first kappa shape index (κ1) is 23.6. The second kappa shape index (κ2) is 9.74. The second-order valence-electron chi connectivity index (χ2n) is 8.24. The summed E-state index contributed by atoms with van der Waals surface area (Å²) in [7, 11) is -3.74. The van der Waals surface area contributed by atoms with Gasteiger partial charge < -0.3 is 9.84 Å². The third-order valence-electron chi connectivity index (χ3n) is 5.95. The number of amides is 1. The molecule has 1 fully saturated rings. The molecule has 3 aromatic rings. The first-order valence-electron chi connectivity index (χ1n) is 11.1. The maximum Gasteiger partial charge on any atom is 0.244 e. The smallest absolute Gasteiger partial charge is 0.244 e. The lowest BCUT2D eigenvalue weighted by Gasteiger charge is -2.31. The van der Waals surface area contributed by atoms with Crippen LogP contribution in [0.2, 0.25) is 0 Å². The minimum atomic E-state index is -3.74. The van der Waals surface area contributed by atoms with E-state index < -0.39 is 10.0 Å². The fourth-order valence-corrected chi connectivity index (χ4v) is 6.99. The molecule has 0 saturated carbocycles. The molecule has 0 radical (unpaired) electrons. The number of thiophene rings is 1. The zero-order valence-corrected chi connectivity index (χ0v) is 20.6. The lowest BCUT2D eigenvalue weighted by Crippen LogP contribution is -2.45. The van der Waals surface area contributed by atoms with E-state index in [9.17, 15) is 13.2 Å². The van der Waals surface area contributed by atoms with Crippen LogP contribution in [-0.2, 0) is 27.8 Å². The van der Waals surface area contributed by atoms with E-state index in [-0.39, 0.29) is 23.3 Å². The summed E-state index contributed by atoms with van der Waals surface area (Å²) in [6, 6.07) is 9.51. The van der Waals surface area contributed by atoms with Crippen molar-refractivity contribution in [1.29, 1.82) is 0 Å². The van der Waals surface area contributed by atoms with Gasteiger partial charge in [-0.05, 0) is 43.9 Å². The first-order chi connectivity index (χ1) is 15.8. The summed E-state index contributed by atoms with van der Waals surface area (Å²) in [4.78, 5) is 18.7. The topological polar surface area (TPSA) is 105 Å². The molecule has 1 aromatic carbocycles. The minimum absolute atomic E-state index is 0.111. The number of aromatic nitrogens is 2. The molecule has 2 aromatic heterocycles. The lowest BCUT2D eigenvalue weighted by atomic mass is 9.98. The molecular formula is C23H28N4O4S2. The predicted octanol–water partition coefficient (Wildman–Crippen LogP) is 3.69. The number of nitrogens with zero attached hydrogens (tertiary/aromatic N) is 3. The molecule has 1 saturated heterocycles. The number of aryl methyl sites for hydroxylation is 3. The summed E-state index contributed by atoms with van der Waals surface area (Å²) in [5.74, 6) is 0.421. The van der Waals surface area contributed by atoms with Crippen molar-refractivity contribution in [2.45, 2.75) is 51.5 Å². The van der Waals surface area contributed by atoms with Gasteiger partial charge in [-0.15, -0.1) is 11.3 Å². The van der Waals surface area contributed by atoms with Crippen molar-refractivity contribution in [2.24, 2.45) is 5.92 Å². The van der Waals surface area contributed by atoms with Gasteiger partial charge in [0, 0.05) is 30.9 Å². The number of benzene rings is 1. The van der Waals surface area contributed by atoms with Crippen molar-refractivity contribution in [3.05, 3.63) is 52.2 Å². The lowest BCUT2D eigenvalue weighted by molar-refractivity contribution is -0.126. The van der Waals surface area contributed by atoms with Crippen LogP contribution in [-0.4, -0.2) is 41.9 Å². The van der Waals surface area contributed by atoms with Gasteiger partial charge >= 0.3 is 0 Å². The molecule has 10 heteroatoms. The summed E-state index contributed by atoms with van der Waals surface area (Å²) < 4.78 is 33.5. The highest BCUT2D eigenvalue weighted by Gasteiger charge is 2.35. The van der Waals surface area contributed by atoms with Gasteiger partial charge in [0.15, 0.2) is 0 Å². The van der Waals surface area contributed by atoms with Crippen molar-refractivity contribution in [3.63, 3.8) is 0 Å². The largest absolute Gasteiger partial charge is 0.352 e. The highest BCUT2D eigenvalue weighted by molar-refractivity contribution is 7.89. The zero-order valence-electron chi connectivity index (χ0n) is 19.0. The average Bonchev–Trinajstić information content (AvgIpc) is 3.45. The number of rotatable bonds is 7. The van der Waals surface area contributed by atoms with Crippen molar-refractivity contribution >= 4 is 27.3 Å². The SMILES string of the molecule is CCc1nc(-c2cc(S(=O)(=O)N3CCC[C@H](C(=O)NCc4ccccc4C)C3)c(C)s2)no1. The highest BCUT2D eigenvalue weighted by Crippen LogP contribution is 2.35. The zero-order chi connectivity index (χ0) is 23.6. The molecule has 1 N–H and O–H groups in total. The Hall–Kier alpha value is -2.56. The molecule has 0 unspecified atom stereocenters. The van der Waals surface area contributed by atoms with E-state index in [1.54, 1.807) is 13.0 Å². The molecule has 4 rings (SSSR count). The third kappa shape index (κ3) is 5.02. The Morgan fingerprint density at radius 2 is 2.09 bits per heavy atom. The number of sulfonamides is 1. The Balaban J connectivity index is 1.47. The molecule has 176 valence electrons. The molecule has 1 amide bonds. The number of hydrogen-bond donors (Lipinski definition) is 1. The summed E-state index contributed by atoms with van der Waals surface area (Å²) in [5, 5.41) is 6.94. The number of hydrogen-bond acceptors (Lipinski definition) is 7. The molecule has 0 spiro atoms. The van der Waals surface area contributed by atoms with Crippen molar-refractivity contribution < 1.29 is 17.7 Å². The van der Waals surface area contributed by atoms with Gasteiger partial charge in [0.05, 0.1) is 15.7 Å². The van der Waals surface area contributed by atoms with Gasteiger partial charge in [-0.1, -0.05) is 36.3 Å². The summed E-state index contributed by atoms with van der Waals surface area (Å²) in [5.41, 5.74) is 2.17. The van der Waals surface area contributed by atoms with Crippen LogP contribution in [0.25, 0.3) is 10.7 Å². The van der Waals surface area contributed by atoms with Gasteiger partial charge in [-0.25, -0.2) is 8.42 Å². The van der Waals surface area contributed by atoms with Crippen LogP contribution in [0.5, 0.6) is 0 Å². The monoisotopic (exact) mass is 488 g/mol. The summed E-state index contributed by atoms with van der Waals surface area (Å²) in [6.45, 7) is 6.71. The normalized spacial score (nSPS) is 17.2. The third-order valence-corrected chi connectivity index (χ3v) is 9.12. The fourth-order valence-electron chi connectivity index (χ4n) is 3.98. The van der Waals surface area contributed by atoms with E-state index in [4.69, 9.17) is 4.52 Å². The van der Waals surface area contributed by atoms with E-state index in [0.717, 1.165) is 11.1 Å². The van der Waals surface area contributed by atoms with E-state index in [2.05, 4.69) is 15.5 Å². The minimum Gasteiger partial charge on any atom is -0.352 e. The summed E-state index contributed by atoms with van der Waals surface area (Å²) >= 11 is 1.33. The Bertz CT molecular complexity index is 1250. The molecule has 8 nitrogen and oxygen atoms in total. The summed E-state index contributed by atoms with van der Waals surface area (Å²) in [6.07, 6.45) is 1.92. The molecule has 1 atom stereocenters. The number of piperidine rings is 1. The van der Waals surface area contributed by atoms with E-state index in [1.807, 2.05) is 38.1 Å². The maximum absolute atomic E-state index is 13.4. The molecular weight excluding hydrogens is 460 g/mol. The Morgan fingerprint density at radius 3 is 2.82 bits per heavy atom.